The molecule has 0 atom stereocenters. The molecule has 0 saturated heterocycles. The highest BCUT2D eigenvalue weighted by Crippen LogP contribution is 2.26. The third kappa shape index (κ3) is 3.80. The largest absolute Gasteiger partial charge is 0.508 e. The van der Waals surface area contributed by atoms with Gasteiger partial charge in [-0.25, -0.2) is 0 Å². The van der Waals surface area contributed by atoms with Crippen LogP contribution < -0.4 is 10.6 Å². The first-order valence-corrected chi connectivity index (χ1v) is 8.07. The molecule has 0 spiro atoms. The number of benzene rings is 3. The number of aromatic hydroxyl groups is 1. The molecule has 0 aliphatic carbocycles. The summed E-state index contributed by atoms with van der Waals surface area (Å²) >= 11 is 0. The van der Waals surface area contributed by atoms with Gasteiger partial charge in [0, 0.05) is 11.4 Å². The Morgan fingerprint density at radius 1 is 0.840 bits per heavy atom. The third-order valence-corrected chi connectivity index (χ3v) is 4.17. The first-order valence-electron chi connectivity index (χ1n) is 8.07. The van der Waals surface area contributed by atoms with Crippen LogP contribution in [0.4, 0.5) is 17.1 Å². The highest BCUT2D eigenvalue weighted by Gasteiger charge is 2.12. The number of phenolic OH excluding ortho intramolecular Hbond substituents is 1. The van der Waals surface area contributed by atoms with E-state index in [1.165, 1.54) is 17.7 Å². The summed E-state index contributed by atoms with van der Waals surface area (Å²) in [6, 6.07) is 19.8. The van der Waals surface area contributed by atoms with Crippen molar-refractivity contribution < 1.29 is 9.90 Å². The maximum atomic E-state index is 12.6. The van der Waals surface area contributed by atoms with Crippen molar-refractivity contribution in [3.05, 3.63) is 83.4 Å². The number of nitrogens with one attached hydrogen (secondary N) is 2. The highest BCUT2D eigenvalue weighted by atomic mass is 16.3. The lowest BCUT2D eigenvalue weighted by Crippen LogP contribution is -2.14. The van der Waals surface area contributed by atoms with Crippen molar-refractivity contribution in [2.75, 3.05) is 10.6 Å². The summed E-state index contributed by atoms with van der Waals surface area (Å²) in [5.74, 6) is -0.0471. The molecule has 0 aromatic heterocycles. The van der Waals surface area contributed by atoms with Gasteiger partial charge in [-0.05, 0) is 67.4 Å². The van der Waals surface area contributed by atoms with Crippen LogP contribution in [0.15, 0.2) is 66.7 Å². The fourth-order valence-corrected chi connectivity index (χ4v) is 2.56. The van der Waals surface area contributed by atoms with Crippen molar-refractivity contribution >= 4 is 23.0 Å². The van der Waals surface area contributed by atoms with E-state index in [1.54, 1.807) is 18.2 Å². The SMILES string of the molecule is Cc1cccc(Nc2ccccc2C(=O)Nc2ccc(O)cc2)c1C. The minimum absolute atomic E-state index is 0.162. The van der Waals surface area contributed by atoms with E-state index >= 15 is 0 Å². The van der Waals surface area contributed by atoms with E-state index in [0.29, 0.717) is 11.3 Å². The quantitative estimate of drug-likeness (QED) is 0.589. The Hall–Kier alpha value is -3.27. The topological polar surface area (TPSA) is 61.4 Å². The Labute approximate surface area is 147 Å². The molecule has 4 nitrogen and oxygen atoms in total. The molecule has 3 aromatic carbocycles. The second-order valence-corrected chi connectivity index (χ2v) is 5.92. The second-order valence-electron chi connectivity index (χ2n) is 5.92. The average molecular weight is 332 g/mol. The lowest BCUT2D eigenvalue weighted by molar-refractivity contribution is 0.102. The van der Waals surface area contributed by atoms with Crippen LogP contribution in [0.5, 0.6) is 5.75 Å². The number of anilines is 3. The normalized spacial score (nSPS) is 10.3. The zero-order chi connectivity index (χ0) is 17.8. The molecular formula is C21H20N2O2. The molecule has 0 unspecified atom stereocenters. The summed E-state index contributed by atoms with van der Waals surface area (Å²) in [5.41, 5.74) is 5.24. The third-order valence-electron chi connectivity index (χ3n) is 4.17. The average Bonchev–Trinajstić information content (AvgIpc) is 2.61. The van der Waals surface area contributed by atoms with Crippen molar-refractivity contribution in [2.45, 2.75) is 13.8 Å². The first kappa shape index (κ1) is 16.6. The minimum atomic E-state index is -0.209. The van der Waals surface area contributed by atoms with Crippen molar-refractivity contribution in [2.24, 2.45) is 0 Å². The van der Waals surface area contributed by atoms with E-state index in [1.807, 2.05) is 30.3 Å². The first-order chi connectivity index (χ1) is 12.0. The van der Waals surface area contributed by atoms with E-state index in [0.717, 1.165) is 16.9 Å². The van der Waals surface area contributed by atoms with Crippen molar-refractivity contribution in [1.29, 1.82) is 0 Å². The van der Waals surface area contributed by atoms with Gasteiger partial charge in [-0.3, -0.25) is 4.79 Å². The Morgan fingerprint density at radius 3 is 2.28 bits per heavy atom. The van der Waals surface area contributed by atoms with Gasteiger partial charge in [0.15, 0.2) is 0 Å². The molecule has 0 aliphatic rings. The maximum absolute atomic E-state index is 12.6. The van der Waals surface area contributed by atoms with E-state index in [2.05, 4.69) is 30.5 Å². The van der Waals surface area contributed by atoms with E-state index in [-0.39, 0.29) is 11.7 Å². The van der Waals surface area contributed by atoms with Gasteiger partial charge >= 0.3 is 0 Å². The summed E-state index contributed by atoms with van der Waals surface area (Å²) < 4.78 is 0. The van der Waals surface area contributed by atoms with Crippen molar-refractivity contribution in [1.82, 2.24) is 0 Å². The number of amides is 1. The number of para-hydroxylation sites is 1. The Bertz CT molecular complexity index is 902. The van der Waals surface area contributed by atoms with Crippen molar-refractivity contribution in [3.63, 3.8) is 0 Å². The Morgan fingerprint density at radius 2 is 1.52 bits per heavy atom. The summed E-state index contributed by atoms with van der Waals surface area (Å²) in [6.45, 7) is 4.11. The van der Waals surface area contributed by atoms with Crippen LogP contribution in [0.3, 0.4) is 0 Å². The number of aryl methyl sites for hydroxylation is 1. The lowest BCUT2D eigenvalue weighted by Gasteiger charge is -2.15. The molecule has 0 fully saturated rings. The van der Waals surface area contributed by atoms with Gasteiger partial charge < -0.3 is 15.7 Å². The Kier molecular flexibility index (Phi) is 4.70. The smallest absolute Gasteiger partial charge is 0.257 e. The summed E-state index contributed by atoms with van der Waals surface area (Å²) in [7, 11) is 0. The molecule has 3 aromatic rings. The zero-order valence-corrected chi connectivity index (χ0v) is 14.2. The number of hydrogen-bond acceptors (Lipinski definition) is 3. The molecule has 126 valence electrons. The predicted octanol–water partition coefficient (Wildman–Crippen LogP) is 5.00. The van der Waals surface area contributed by atoms with Gasteiger partial charge in [0.25, 0.3) is 5.91 Å². The molecule has 4 heteroatoms. The van der Waals surface area contributed by atoms with Gasteiger partial charge in [-0.1, -0.05) is 24.3 Å². The van der Waals surface area contributed by atoms with Crippen LogP contribution in [-0.4, -0.2) is 11.0 Å². The van der Waals surface area contributed by atoms with Crippen molar-refractivity contribution in [3.8, 4) is 5.75 Å². The number of carbonyl (C=O) groups excluding carboxylic acids is 1. The predicted molar refractivity (Wildman–Crippen MR) is 102 cm³/mol. The maximum Gasteiger partial charge on any atom is 0.257 e. The monoisotopic (exact) mass is 332 g/mol. The van der Waals surface area contributed by atoms with Gasteiger partial charge in [0.05, 0.1) is 11.3 Å². The molecule has 0 heterocycles. The molecule has 0 radical (unpaired) electrons. The van der Waals surface area contributed by atoms with Crippen LogP contribution in [0.2, 0.25) is 0 Å². The van der Waals surface area contributed by atoms with Crippen LogP contribution in [0.25, 0.3) is 0 Å². The molecule has 0 saturated carbocycles. The number of rotatable bonds is 4. The summed E-state index contributed by atoms with van der Waals surface area (Å²) in [4.78, 5) is 12.6. The molecule has 25 heavy (non-hydrogen) atoms. The van der Waals surface area contributed by atoms with Crippen LogP contribution >= 0.6 is 0 Å². The van der Waals surface area contributed by atoms with Gasteiger partial charge in [-0.15, -0.1) is 0 Å². The van der Waals surface area contributed by atoms with Crippen LogP contribution in [0.1, 0.15) is 21.5 Å². The number of hydrogen-bond donors (Lipinski definition) is 3. The lowest BCUT2D eigenvalue weighted by atomic mass is 10.1. The molecule has 3 N–H and O–H groups in total. The van der Waals surface area contributed by atoms with E-state index < -0.39 is 0 Å². The summed E-state index contributed by atoms with van der Waals surface area (Å²) in [6.07, 6.45) is 0. The number of phenols is 1. The molecule has 0 bridgehead atoms. The van der Waals surface area contributed by atoms with Crippen LogP contribution in [-0.2, 0) is 0 Å². The van der Waals surface area contributed by atoms with E-state index in [9.17, 15) is 9.90 Å². The Balaban J connectivity index is 1.86. The standard InChI is InChI=1S/C21H20N2O2/c1-14-6-5-9-19(15(14)2)23-20-8-4-3-7-18(20)21(25)22-16-10-12-17(24)13-11-16/h3-13,23-24H,1-2H3,(H,22,25). The van der Waals surface area contributed by atoms with Gasteiger partial charge in [-0.2, -0.15) is 0 Å². The van der Waals surface area contributed by atoms with E-state index in [4.69, 9.17) is 0 Å². The van der Waals surface area contributed by atoms with Gasteiger partial charge in [0.1, 0.15) is 5.75 Å². The van der Waals surface area contributed by atoms with Crippen LogP contribution in [0, 0.1) is 13.8 Å². The molecule has 0 aliphatic heterocycles. The molecule has 3 rings (SSSR count). The summed E-state index contributed by atoms with van der Waals surface area (Å²) in [5, 5.41) is 15.5. The fraction of sp³-hybridized carbons (Fsp3) is 0.0952. The second kappa shape index (κ2) is 7.09. The number of carbonyl (C=O) groups is 1. The minimum Gasteiger partial charge on any atom is -0.508 e. The molecule has 1 amide bonds. The zero-order valence-electron chi connectivity index (χ0n) is 14.2. The molecular weight excluding hydrogens is 312 g/mol. The fourth-order valence-electron chi connectivity index (χ4n) is 2.56. The van der Waals surface area contributed by atoms with Gasteiger partial charge in [0.2, 0.25) is 0 Å². The highest BCUT2D eigenvalue weighted by molar-refractivity contribution is 6.08.